The third-order valence-corrected chi connectivity index (χ3v) is 8.72. The standard InChI is InChI=1S/C29H26BrCl3N2O4/c1-28(2,13-36)14-39-24-8-3-15(30)9-18(24)21-12-25(37)35-26(19-10-16(31)5-7-22(19)33)29(21)20-6-4-17(32)11-23(20)34-27(29)38/h3-11,21,26,36H,12-14H2,1-2H3,(H,34,38)(H,35,37)/t21-,26+,29-/m1/s1. The number of piperidine rings is 1. The van der Waals surface area contributed by atoms with Gasteiger partial charge in [-0.1, -0.05) is 70.6 Å². The minimum Gasteiger partial charge on any atom is -0.493 e. The van der Waals surface area contributed by atoms with Crippen LogP contribution in [0.25, 0.3) is 0 Å². The first-order valence-corrected chi connectivity index (χ1v) is 14.3. The second kappa shape index (κ2) is 10.6. The Morgan fingerprint density at radius 3 is 2.49 bits per heavy atom. The van der Waals surface area contributed by atoms with Gasteiger partial charge in [0.05, 0.1) is 19.3 Å². The molecule has 1 fully saturated rings. The van der Waals surface area contributed by atoms with E-state index in [9.17, 15) is 14.7 Å². The number of aliphatic hydroxyl groups is 1. The van der Waals surface area contributed by atoms with Crippen LogP contribution in [0.5, 0.6) is 5.75 Å². The summed E-state index contributed by atoms with van der Waals surface area (Å²) >= 11 is 22.9. The van der Waals surface area contributed by atoms with E-state index in [1.807, 2.05) is 38.1 Å². The van der Waals surface area contributed by atoms with Crippen molar-refractivity contribution in [3.8, 4) is 5.75 Å². The summed E-state index contributed by atoms with van der Waals surface area (Å²) in [6.45, 7) is 3.94. The molecule has 39 heavy (non-hydrogen) atoms. The summed E-state index contributed by atoms with van der Waals surface area (Å²) in [5.41, 5.74) is 0.637. The predicted molar refractivity (Wildman–Crippen MR) is 157 cm³/mol. The number of anilines is 1. The lowest BCUT2D eigenvalue weighted by Gasteiger charge is -2.47. The first-order chi connectivity index (χ1) is 18.5. The van der Waals surface area contributed by atoms with Gasteiger partial charge < -0.3 is 20.5 Å². The minimum atomic E-state index is -1.31. The Balaban J connectivity index is 1.78. The Morgan fingerprint density at radius 1 is 1.03 bits per heavy atom. The van der Waals surface area contributed by atoms with Gasteiger partial charge >= 0.3 is 0 Å². The molecule has 0 unspecified atom stereocenters. The summed E-state index contributed by atoms with van der Waals surface area (Å²) in [6, 6.07) is 14.9. The normalized spacial score (nSPS) is 22.4. The van der Waals surface area contributed by atoms with Crippen LogP contribution >= 0.6 is 50.7 Å². The molecular formula is C29H26BrCl3N2O4. The molecule has 204 valence electrons. The van der Waals surface area contributed by atoms with E-state index >= 15 is 0 Å². The predicted octanol–water partition coefficient (Wildman–Crippen LogP) is 7.04. The van der Waals surface area contributed by atoms with E-state index in [1.165, 1.54) is 0 Å². The monoisotopic (exact) mass is 650 g/mol. The molecule has 1 saturated heterocycles. The average molecular weight is 653 g/mol. The van der Waals surface area contributed by atoms with Crippen molar-refractivity contribution in [1.82, 2.24) is 5.32 Å². The summed E-state index contributed by atoms with van der Waals surface area (Å²) < 4.78 is 7.02. The Bertz CT molecular complexity index is 1480. The molecule has 0 bridgehead atoms. The van der Waals surface area contributed by atoms with Crippen molar-refractivity contribution in [2.24, 2.45) is 5.41 Å². The largest absolute Gasteiger partial charge is 0.493 e. The van der Waals surface area contributed by atoms with Gasteiger partial charge in [-0.3, -0.25) is 9.59 Å². The maximum Gasteiger partial charge on any atom is 0.238 e. The Hall–Kier alpha value is -2.29. The Morgan fingerprint density at radius 2 is 1.74 bits per heavy atom. The van der Waals surface area contributed by atoms with Crippen LogP contribution in [0.3, 0.4) is 0 Å². The molecule has 5 rings (SSSR count). The van der Waals surface area contributed by atoms with Crippen molar-refractivity contribution < 1.29 is 19.4 Å². The van der Waals surface area contributed by atoms with Gasteiger partial charge in [-0.05, 0) is 59.7 Å². The summed E-state index contributed by atoms with van der Waals surface area (Å²) in [4.78, 5) is 27.7. The highest BCUT2D eigenvalue weighted by Gasteiger charge is 2.62. The van der Waals surface area contributed by atoms with Gasteiger partial charge in [-0.15, -0.1) is 0 Å². The summed E-state index contributed by atoms with van der Waals surface area (Å²) in [5, 5.41) is 17.1. The molecule has 10 heteroatoms. The van der Waals surface area contributed by atoms with E-state index in [1.54, 1.807) is 30.3 Å². The number of aliphatic hydroxyl groups excluding tert-OH is 1. The zero-order chi connectivity index (χ0) is 28.1. The highest BCUT2D eigenvalue weighted by molar-refractivity contribution is 9.10. The zero-order valence-corrected chi connectivity index (χ0v) is 25.0. The summed E-state index contributed by atoms with van der Waals surface area (Å²) in [6.07, 6.45) is 0.0143. The molecule has 3 N–H and O–H groups in total. The molecular weight excluding hydrogens is 627 g/mol. The number of benzene rings is 3. The number of nitrogens with one attached hydrogen (secondary N) is 2. The summed E-state index contributed by atoms with van der Waals surface area (Å²) in [7, 11) is 0. The first kappa shape index (κ1) is 28.2. The van der Waals surface area contributed by atoms with Crippen LogP contribution in [0.4, 0.5) is 5.69 Å². The molecule has 1 spiro atoms. The number of carbonyl (C=O) groups is 2. The molecule has 0 radical (unpaired) electrons. The number of hydrogen-bond acceptors (Lipinski definition) is 4. The molecule has 0 aliphatic carbocycles. The van der Waals surface area contributed by atoms with Crippen LogP contribution < -0.4 is 15.4 Å². The molecule has 0 aromatic heterocycles. The highest BCUT2D eigenvalue weighted by atomic mass is 79.9. The van der Waals surface area contributed by atoms with Crippen LogP contribution in [-0.4, -0.2) is 30.1 Å². The fourth-order valence-corrected chi connectivity index (χ4v) is 6.46. The number of fused-ring (bicyclic) bond motifs is 2. The van der Waals surface area contributed by atoms with Gasteiger partial charge in [-0.25, -0.2) is 0 Å². The molecule has 3 atom stereocenters. The van der Waals surface area contributed by atoms with Crippen molar-refractivity contribution in [3.63, 3.8) is 0 Å². The van der Waals surface area contributed by atoms with E-state index in [4.69, 9.17) is 39.5 Å². The fourth-order valence-electron chi connectivity index (χ4n) is 5.50. The molecule has 0 saturated carbocycles. The van der Waals surface area contributed by atoms with Crippen LogP contribution in [-0.2, 0) is 15.0 Å². The quantitative estimate of drug-likeness (QED) is 0.267. The van der Waals surface area contributed by atoms with Crippen LogP contribution in [0.1, 0.15) is 48.9 Å². The van der Waals surface area contributed by atoms with Gasteiger partial charge in [0.1, 0.15) is 11.2 Å². The highest BCUT2D eigenvalue weighted by Crippen LogP contribution is 2.59. The number of rotatable bonds is 6. The van der Waals surface area contributed by atoms with E-state index in [0.717, 1.165) is 4.47 Å². The number of ether oxygens (including phenoxy) is 1. The second-order valence-corrected chi connectivity index (χ2v) is 12.9. The minimum absolute atomic E-state index is 0.0143. The molecule has 2 amide bonds. The number of carbonyl (C=O) groups excluding carboxylic acids is 2. The lowest BCUT2D eigenvalue weighted by molar-refractivity contribution is -0.131. The second-order valence-electron chi connectivity index (χ2n) is 10.7. The van der Waals surface area contributed by atoms with Crippen LogP contribution in [0.2, 0.25) is 15.1 Å². The van der Waals surface area contributed by atoms with Gasteiger partial charge in [0, 0.05) is 48.5 Å². The molecule has 3 aromatic carbocycles. The molecule has 6 nitrogen and oxygen atoms in total. The van der Waals surface area contributed by atoms with Crippen LogP contribution in [0, 0.1) is 5.41 Å². The number of amides is 2. The van der Waals surface area contributed by atoms with Crippen LogP contribution in [0.15, 0.2) is 59.1 Å². The fraction of sp³-hybridized carbons (Fsp3) is 0.310. The zero-order valence-electron chi connectivity index (χ0n) is 21.2. The lowest BCUT2D eigenvalue weighted by Crippen LogP contribution is -2.57. The topological polar surface area (TPSA) is 87.7 Å². The van der Waals surface area contributed by atoms with Crippen molar-refractivity contribution in [3.05, 3.63) is 90.8 Å². The number of halogens is 4. The van der Waals surface area contributed by atoms with E-state index < -0.39 is 22.8 Å². The molecule has 2 aliphatic heterocycles. The first-order valence-electron chi connectivity index (χ1n) is 12.3. The third kappa shape index (κ3) is 5.04. The molecule has 2 heterocycles. The maximum atomic E-state index is 14.3. The van der Waals surface area contributed by atoms with Gasteiger partial charge in [-0.2, -0.15) is 0 Å². The van der Waals surface area contributed by atoms with Crippen molar-refractivity contribution in [2.75, 3.05) is 18.5 Å². The summed E-state index contributed by atoms with van der Waals surface area (Å²) in [5.74, 6) is -0.681. The SMILES string of the molecule is CC(C)(CO)COc1ccc(Br)cc1[C@H]1CC(=O)N[C@@H](c2cc(Cl)ccc2Cl)[C@]12C(=O)Nc1cc(Cl)ccc12. The van der Waals surface area contributed by atoms with Gasteiger partial charge in [0.25, 0.3) is 0 Å². The Kier molecular flexibility index (Phi) is 7.68. The van der Waals surface area contributed by atoms with E-state index in [0.29, 0.717) is 43.2 Å². The smallest absolute Gasteiger partial charge is 0.238 e. The third-order valence-electron chi connectivity index (χ3n) is 7.41. The molecule has 3 aromatic rings. The van der Waals surface area contributed by atoms with Crippen molar-refractivity contribution >= 4 is 68.2 Å². The Labute approximate surface area is 250 Å². The van der Waals surface area contributed by atoms with E-state index in [-0.39, 0.29) is 31.4 Å². The van der Waals surface area contributed by atoms with Gasteiger partial charge in [0.15, 0.2) is 0 Å². The van der Waals surface area contributed by atoms with Gasteiger partial charge in [0.2, 0.25) is 11.8 Å². The lowest BCUT2D eigenvalue weighted by atomic mass is 9.59. The number of hydrogen-bond donors (Lipinski definition) is 3. The van der Waals surface area contributed by atoms with E-state index in [2.05, 4.69) is 26.6 Å². The van der Waals surface area contributed by atoms with Crippen molar-refractivity contribution in [2.45, 2.75) is 37.6 Å². The average Bonchev–Trinajstić information content (AvgIpc) is 3.17. The van der Waals surface area contributed by atoms with Crippen molar-refractivity contribution in [1.29, 1.82) is 0 Å². The molecule has 2 aliphatic rings. The maximum absolute atomic E-state index is 14.3.